The summed E-state index contributed by atoms with van der Waals surface area (Å²) in [7, 11) is 0. The van der Waals surface area contributed by atoms with Gasteiger partial charge in [0.15, 0.2) is 0 Å². The third-order valence-corrected chi connectivity index (χ3v) is 1.76. The quantitative estimate of drug-likeness (QED) is 0.390. The molecule has 0 aliphatic rings. The molecule has 0 saturated heterocycles. The van der Waals surface area contributed by atoms with Gasteiger partial charge in [-0.05, 0) is 19.4 Å². The predicted octanol–water partition coefficient (Wildman–Crippen LogP) is 0.432. The molecule has 4 N–H and O–H groups in total. The highest BCUT2D eigenvalue weighted by Crippen LogP contribution is 1.92. The van der Waals surface area contributed by atoms with Crippen molar-refractivity contribution in [3.63, 3.8) is 0 Å². The van der Waals surface area contributed by atoms with Crippen molar-refractivity contribution in [3.8, 4) is 0 Å². The number of aliphatic hydroxyl groups is 1. The van der Waals surface area contributed by atoms with E-state index < -0.39 is 6.23 Å². The monoisotopic (exact) mass is 160 g/mol. The Morgan fingerprint density at radius 1 is 1.45 bits per heavy atom. The zero-order valence-electron chi connectivity index (χ0n) is 7.51. The molecule has 0 bridgehead atoms. The van der Waals surface area contributed by atoms with E-state index in [1.54, 1.807) is 0 Å². The van der Waals surface area contributed by atoms with Crippen molar-refractivity contribution in [2.24, 2.45) is 5.73 Å². The zero-order chi connectivity index (χ0) is 8.69. The highest BCUT2D eigenvalue weighted by Gasteiger charge is 2.09. The van der Waals surface area contributed by atoms with Crippen LogP contribution in [0.4, 0.5) is 0 Å². The minimum Gasteiger partial charge on any atom is -0.377 e. The van der Waals surface area contributed by atoms with E-state index in [1.807, 2.05) is 6.92 Å². The smallest absolute Gasteiger partial charge is 0.120 e. The highest BCUT2D eigenvalue weighted by molar-refractivity contribution is 4.67. The van der Waals surface area contributed by atoms with Crippen LogP contribution in [0.25, 0.3) is 0 Å². The molecule has 0 heterocycles. The van der Waals surface area contributed by atoms with Crippen LogP contribution >= 0.6 is 0 Å². The molecule has 0 aliphatic carbocycles. The van der Waals surface area contributed by atoms with Gasteiger partial charge in [0, 0.05) is 6.04 Å². The van der Waals surface area contributed by atoms with Gasteiger partial charge < -0.3 is 10.8 Å². The fourth-order valence-electron chi connectivity index (χ4n) is 0.801. The Hall–Kier alpha value is -0.120. The van der Waals surface area contributed by atoms with Crippen LogP contribution in [0.5, 0.6) is 0 Å². The second-order valence-corrected chi connectivity index (χ2v) is 2.82. The topological polar surface area (TPSA) is 58.3 Å². The van der Waals surface area contributed by atoms with Crippen LogP contribution < -0.4 is 11.1 Å². The van der Waals surface area contributed by atoms with Gasteiger partial charge >= 0.3 is 0 Å². The summed E-state index contributed by atoms with van der Waals surface area (Å²) >= 11 is 0. The van der Waals surface area contributed by atoms with E-state index in [1.165, 1.54) is 0 Å². The maximum Gasteiger partial charge on any atom is 0.120 e. The van der Waals surface area contributed by atoms with E-state index in [0.717, 1.165) is 25.8 Å². The second-order valence-electron chi connectivity index (χ2n) is 2.82. The summed E-state index contributed by atoms with van der Waals surface area (Å²) in [5, 5.41) is 12.3. The van der Waals surface area contributed by atoms with Crippen molar-refractivity contribution < 1.29 is 5.11 Å². The summed E-state index contributed by atoms with van der Waals surface area (Å²) in [4.78, 5) is 0. The van der Waals surface area contributed by atoms with Crippen LogP contribution in [0.2, 0.25) is 0 Å². The summed E-state index contributed by atoms with van der Waals surface area (Å²) in [6.45, 7) is 4.94. The number of hydrogen-bond acceptors (Lipinski definition) is 3. The molecule has 0 amide bonds. The van der Waals surface area contributed by atoms with Crippen molar-refractivity contribution in [2.75, 3.05) is 6.54 Å². The maximum absolute atomic E-state index is 9.31. The molecule has 3 heteroatoms. The van der Waals surface area contributed by atoms with E-state index in [2.05, 4.69) is 12.2 Å². The van der Waals surface area contributed by atoms with Crippen molar-refractivity contribution in [3.05, 3.63) is 0 Å². The van der Waals surface area contributed by atoms with Gasteiger partial charge in [0.2, 0.25) is 0 Å². The van der Waals surface area contributed by atoms with Crippen LogP contribution in [0, 0.1) is 0 Å². The van der Waals surface area contributed by atoms with E-state index in [-0.39, 0.29) is 6.04 Å². The lowest BCUT2D eigenvalue weighted by Gasteiger charge is -2.18. The first-order valence-electron chi connectivity index (χ1n) is 4.39. The zero-order valence-corrected chi connectivity index (χ0v) is 7.51. The molecule has 0 aliphatic heterocycles. The lowest BCUT2D eigenvalue weighted by molar-refractivity contribution is 0.107. The van der Waals surface area contributed by atoms with Crippen molar-refractivity contribution >= 4 is 0 Å². The molecule has 0 aromatic carbocycles. The van der Waals surface area contributed by atoms with Crippen LogP contribution in [-0.4, -0.2) is 23.9 Å². The Bertz CT molecular complexity index is 88.2. The summed E-state index contributed by atoms with van der Waals surface area (Å²) < 4.78 is 0. The number of aliphatic hydroxyl groups excluding tert-OH is 1. The Morgan fingerprint density at radius 2 is 2.09 bits per heavy atom. The van der Waals surface area contributed by atoms with E-state index in [0.29, 0.717) is 0 Å². The SMILES string of the molecule is CCCCNC(O)C(N)CC. The van der Waals surface area contributed by atoms with Crippen LogP contribution in [0.15, 0.2) is 0 Å². The fraction of sp³-hybridized carbons (Fsp3) is 1.00. The molecule has 2 unspecified atom stereocenters. The minimum atomic E-state index is -0.536. The first kappa shape index (κ1) is 10.9. The van der Waals surface area contributed by atoms with Gasteiger partial charge in [-0.3, -0.25) is 5.32 Å². The molecule has 0 aromatic rings. The second kappa shape index (κ2) is 6.58. The average molecular weight is 160 g/mol. The summed E-state index contributed by atoms with van der Waals surface area (Å²) in [5.74, 6) is 0. The third-order valence-electron chi connectivity index (χ3n) is 1.76. The highest BCUT2D eigenvalue weighted by atomic mass is 16.3. The van der Waals surface area contributed by atoms with Gasteiger partial charge in [-0.2, -0.15) is 0 Å². The molecule has 3 nitrogen and oxygen atoms in total. The Balaban J connectivity index is 3.28. The molecule has 0 rings (SSSR count). The van der Waals surface area contributed by atoms with Crippen molar-refractivity contribution in [1.29, 1.82) is 0 Å². The van der Waals surface area contributed by atoms with Crippen LogP contribution in [-0.2, 0) is 0 Å². The fourth-order valence-corrected chi connectivity index (χ4v) is 0.801. The Kier molecular flexibility index (Phi) is 6.51. The lowest BCUT2D eigenvalue weighted by atomic mass is 10.2. The van der Waals surface area contributed by atoms with Crippen LogP contribution in [0.3, 0.4) is 0 Å². The molecule has 0 saturated carbocycles. The lowest BCUT2D eigenvalue weighted by Crippen LogP contribution is -2.44. The minimum absolute atomic E-state index is 0.133. The molecule has 0 spiro atoms. The molecule has 11 heavy (non-hydrogen) atoms. The molecular weight excluding hydrogens is 140 g/mol. The first-order chi connectivity index (χ1) is 5.22. The molecule has 68 valence electrons. The van der Waals surface area contributed by atoms with Gasteiger partial charge in [-0.1, -0.05) is 20.3 Å². The van der Waals surface area contributed by atoms with Gasteiger partial charge in [-0.25, -0.2) is 0 Å². The maximum atomic E-state index is 9.31. The van der Waals surface area contributed by atoms with Gasteiger partial charge in [-0.15, -0.1) is 0 Å². The van der Waals surface area contributed by atoms with E-state index >= 15 is 0 Å². The summed E-state index contributed by atoms with van der Waals surface area (Å²) in [5.41, 5.74) is 5.59. The average Bonchev–Trinajstić information content (AvgIpc) is 2.03. The third kappa shape index (κ3) is 5.18. The normalized spacial score (nSPS) is 16.4. The number of nitrogens with one attached hydrogen (secondary N) is 1. The number of hydrogen-bond donors (Lipinski definition) is 3. The molecule has 0 aromatic heterocycles. The number of nitrogens with two attached hydrogens (primary N) is 1. The summed E-state index contributed by atoms with van der Waals surface area (Å²) in [6.07, 6.45) is 2.50. The largest absolute Gasteiger partial charge is 0.377 e. The Labute approximate surface area is 69.0 Å². The standard InChI is InChI=1S/C8H20N2O/c1-3-5-6-10-8(11)7(9)4-2/h7-8,10-11H,3-6,9H2,1-2H3. The molecule has 0 radical (unpaired) electrons. The van der Waals surface area contributed by atoms with Crippen molar-refractivity contribution in [2.45, 2.75) is 45.4 Å². The molecular formula is C8H20N2O. The molecule has 0 fully saturated rings. The van der Waals surface area contributed by atoms with E-state index in [4.69, 9.17) is 5.73 Å². The first-order valence-corrected chi connectivity index (χ1v) is 4.39. The predicted molar refractivity (Wildman–Crippen MR) is 47.2 cm³/mol. The van der Waals surface area contributed by atoms with Crippen molar-refractivity contribution in [1.82, 2.24) is 5.32 Å². The number of unbranched alkanes of at least 4 members (excludes halogenated alkanes) is 1. The van der Waals surface area contributed by atoms with Gasteiger partial charge in [0.1, 0.15) is 6.23 Å². The molecule has 2 atom stereocenters. The summed E-state index contributed by atoms with van der Waals surface area (Å²) in [6, 6.07) is -0.133. The van der Waals surface area contributed by atoms with E-state index in [9.17, 15) is 5.11 Å². The number of rotatable bonds is 6. The Morgan fingerprint density at radius 3 is 2.55 bits per heavy atom. The van der Waals surface area contributed by atoms with Gasteiger partial charge in [0.25, 0.3) is 0 Å². The van der Waals surface area contributed by atoms with Gasteiger partial charge in [0.05, 0.1) is 0 Å². The van der Waals surface area contributed by atoms with Crippen LogP contribution in [0.1, 0.15) is 33.1 Å².